The van der Waals surface area contributed by atoms with E-state index in [1.807, 2.05) is 37.3 Å². The van der Waals surface area contributed by atoms with Gasteiger partial charge in [-0.3, -0.25) is 4.79 Å². The van der Waals surface area contributed by atoms with Crippen LogP contribution in [0.2, 0.25) is 0 Å². The second-order valence-electron chi connectivity index (χ2n) is 8.85. The fourth-order valence-electron chi connectivity index (χ4n) is 4.13. The van der Waals surface area contributed by atoms with Crippen LogP contribution >= 0.6 is 0 Å². The number of hydrogen-bond acceptors (Lipinski definition) is 5. The highest BCUT2D eigenvalue weighted by Crippen LogP contribution is 2.31. The van der Waals surface area contributed by atoms with E-state index in [9.17, 15) is 26.4 Å². The molecule has 0 radical (unpaired) electrons. The van der Waals surface area contributed by atoms with Crippen molar-refractivity contribution in [3.63, 3.8) is 0 Å². The summed E-state index contributed by atoms with van der Waals surface area (Å²) in [6.07, 6.45) is -2.56. The minimum absolute atomic E-state index is 0.0733. The minimum atomic E-state index is -4.69. The SMILES string of the molecule is CCC(C(=O)N(Cc1ccc(OS(=O)(=O)c2cccc(C(F)(F)F)c2)cc1)Cc1ccco1)c1ccccc1. The highest BCUT2D eigenvalue weighted by atomic mass is 32.2. The summed E-state index contributed by atoms with van der Waals surface area (Å²) < 4.78 is 74.8. The predicted octanol–water partition coefficient (Wildman–Crippen LogP) is 6.79. The Morgan fingerprint density at radius 2 is 1.64 bits per heavy atom. The maximum Gasteiger partial charge on any atom is 0.416 e. The van der Waals surface area contributed by atoms with E-state index >= 15 is 0 Å². The van der Waals surface area contributed by atoms with E-state index in [1.165, 1.54) is 18.4 Å². The number of carbonyl (C=O) groups is 1. The van der Waals surface area contributed by atoms with Gasteiger partial charge in [0.1, 0.15) is 16.4 Å². The third kappa shape index (κ3) is 7.08. The zero-order valence-electron chi connectivity index (χ0n) is 21.0. The largest absolute Gasteiger partial charge is 0.467 e. The van der Waals surface area contributed by atoms with Crippen molar-refractivity contribution in [2.45, 2.75) is 43.4 Å². The van der Waals surface area contributed by atoms with Gasteiger partial charge in [0.05, 0.1) is 24.3 Å². The van der Waals surface area contributed by atoms with Crippen LogP contribution < -0.4 is 4.18 Å². The summed E-state index contributed by atoms with van der Waals surface area (Å²) >= 11 is 0. The fourth-order valence-corrected chi connectivity index (χ4v) is 5.11. The molecule has 1 heterocycles. The van der Waals surface area contributed by atoms with Crippen molar-refractivity contribution in [1.82, 2.24) is 4.90 Å². The van der Waals surface area contributed by atoms with E-state index in [4.69, 9.17) is 8.60 Å². The van der Waals surface area contributed by atoms with Crippen molar-refractivity contribution < 1.29 is 35.0 Å². The first kappa shape index (κ1) is 28.0. The zero-order valence-corrected chi connectivity index (χ0v) is 21.8. The topological polar surface area (TPSA) is 76.8 Å². The van der Waals surface area contributed by atoms with Gasteiger partial charge in [0.2, 0.25) is 5.91 Å². The summed E-state index contributed by atoms with van der Waals surface area (Å²) in [5.41, 5.74) is 0.504. The highest BCUT2D eigenvalue weighted by Gasteiger charge is 2.32. The maximum absolute atomic E-state index is 13.6. The molecule has 1 aromatic heterocycles. The number of carbonyl (C=O) groups excluding carboxylic acids is 1. The predicted molar refractivity (Wildman–Crippen MR) is 138 cm³/mol. The number of amides is 1. The summed E-state index contributed by atoms with van der Waals surface area (Å²) in [4.78, 5) is 14.7. The molecule has 0 saturated carbocycles. The molecule has 0 saturated heterocycles. The molecule has 0 N–H and O–H groups in total. The van der Waals surface area contributed by atoms with Crippen molar-refractivity contribution in [3.05, 3.63) is 120 Å². The molecule has 4 rings (SSSR count). The molecule has 39 heavy (non-hydrogen) atoms. The Morgan fingerprint density at radius 1 is 0.923 bits per heavy atom. The van der Waals surface area contributed by atoms with Crippen molar-refractivity contribution >= 4 is 16.0 Å². The second kappa shape index (κ2) is 11.8. The third-order valence-corrected chi connectivity index (χ3v) is 7.34. The van der Waals surface area contributed by atoms with Crippen LogP contribution in [0.15, 0.2) is 107 Å². The summed E-state index contributed by atoms with van der Waals surface area (Å²) in [6, 6.07) is 22.3. The van der Waals surface area contributed by atoms with Crippen LogP contribution in [-0.2, 0) is 34.2 Å². The molecule has 0 aliphatic heterocycles. The number of alkyl halides is 3. The Morgan fingerprint density at radius 3 is 2.26 bits per heavy atom. The minimum Gasteiger partial charge on any atom is -0.467 e. The van der Waals surface area contributed by atoms with Crippen LogP contribution in [0.25, 0.3) is 0 Å². The molecule has 0 aliphatic rings. The summed E-state index contributed by atoms with van der Waals surface area (Å²) in [7, 11) is -4.50. The van der Waals surface area contributed by atoms with Crippen LogP contribution in [0.1, 0.15) is 41.7 Å². The average Bonchev–Trinajstić information content (AvgIpc) is 3.43. The van der Waals surface area contributed by atoms with Crippen LogP contribution in [0, 0.1) is 0 Å². The summed E-state index contributed by atoms with van der Waals surface area (Å²) in [5, 5.41) is 0. The zero-order chi connectivity index (χ0) is 28.0. The van der Waals surface area contributed by atoms with Gasteiger partial charge in [-0.15, -0.1) is 0 Å². The van der Waals surface area contributed by atoms with Crippen molar-refractivity contribution in [2.24, 2.45) is 0 Å². The van der Waals surface area contributed by atoms with Gasteiger partial charge in [0.25, 0.3) is 0 Å². The molecule has 0 aliphatic carbocycles. The van der Waals surface area contributed by atoms with Crippen molar-refractivity contribution in [2.75, 3.05) is 0 Å². The normalized spacial score (nSPS) is 12.6. The Bertz CT molecular complexity index is 1490. The molecule has 4 aromatic rings. The molecule has 1 unspecified atom stereocenters. The lowest BCUT2D eigenvalue weighted by atomic mass is 9.94. The Balaban J connectivity index is 1.52. The lowest BCUT2D eigenvalue weighted by Gasteiger charge is -2.27. The number of nitrogens with zero attached hydrogens (tertiary/aromatic N) is 1. The van der Waals surface area contributed by atoms with Gasteiger partial charge in [-0.25, -0.2) is 0 Å². The number of hydrogen-bond donors (Lipinski definition) is 0. The second-order valence-corrected chi connectivity index (χ2v) is 10.4. The number of rotatable bonds is 10. The number of furan rings is 1. The fraction of sp³-hybridized carbons (Fsp3) is 0.207. The van der Waals surface area contributed by atoms with E-state index in [1.54, 1.807) is 29.2 Å². The van der Waals surface area contributed by atoms with Gasteiger partial charge in [-0.05, 0) is 60.0 Å². The quantitative estimate of drug-likeness (QED) is 0.201. The summed E-state index contributed by atoms with van der Waals surface area (Å²) in [6.45, 7) is 2.39. The van der Waals surface area contributed by atoms with Crippen molar-refractivity contribution in [3.8, 4) is 5.75 Å². The molecular formula is C29H26F3NO5S. The molecule has 10 heteroatoms. The molecule has 6 nitrogen and oxygen atoms in total. The van der Waals surface area contributed by atoms with Crippen LogP contribution in [0.3, 0.4) is 0 Å². The maximum atomic E-state index is 13.6. The standard InChI is InChI=1S/C29H26F3NO5S/c1-2-27(22-8-4-3-5-9-22)28(34)33(20-25-11-7-17-37-25)19-21-13-15-24(16-14-21)38-39(35,36)26-12-6-10-23(18-26)29(30,31)32/h3-18,27H,2,19-20H2,1H3. The molecular weight excluding hydrogens is 531 g/mol. The van der Waals surface area contributed by atoms with Gasteiger partial charge >= 0.3 is 16.3 Å². The van der Waals surface area contributed by atoms with E-state index in [0.29, 0.717) is 23.8 Å². The molecule has 3 aromatic carbocycles. The molecule has 0 fully saturated rings. The van der Waals surface area contributed by atoms with Crippen LogP contribution in [-0.4, -0.2) is 19.2 Å². The van der Waals surface area contributed by atoms with E-state index in [0.717, 1.165) is 23.8 Å². The first-order chi connectivity index (χ1) is 18.6. The Labute approximate surface area is 224 Å². The van der Waals surface area contributed by atoms with Gasteiger partial charge in [-0.2, -0.15) is 21.6 Å². The first-order valence-corrected chi connectivity index (χ1v) is 13.5. The first-order valence-electron chi connectivity index (χ1n) is 12.1. The molecule has 204 valence electrons. The smallest absolute Gasteiger partial charge is 0.416 e. The lowest BCUT2D eigenvalue weighted by Crippen LogP contribution is -2.34. The van der Waals surface area contributed by atoms with E-state index in [-0.39, 0.29) is 30.7 Å². The Hall–Kier alpha value is -4.05. The van der Waals surface area contributed by atoms with Gasteiger partial charge in [0.15, 0.2) is 0 Å². The number of benzene rings is 3. The molecule has 0 bridgehead atoms. The molecule has 1 amide bonds. The average molecular weight is 558 g/mol. The van der Waals surface area contributed by atoms with Crippen LogP contribution in [0.4, 0.5) is 13.2 Å². The summed E-state index contributed by atoms with van der Waals surface area (Å²) in [5.74, 6) is 0.0862. The third-order valence-electron chi connectivity index (χ3n) is 6.10. The Kier molecular flexibility index (Phi) is 8.44. The van der Waals surface area contributed by atoms with Crippen molar-refractivity contribution in [1.29, 1.82) is 0 Å². The highest BCUT2D eigenvalue weighted by molar-refractivity contribution is 7.87. The lowest BCUT2D eigenvalue weighted by molar-refractivity contribution is -0.137. The monoisotopic (exact) mass is 557 g/mol. The van der Waals surface area contributed by atoms with Gasteiger partial charge < -0.3 is 13.5 Å². The van der Waals surface area contributed by atoms with E-state index in [2.05, 4.69) is 0 Å². The molecule has 1 atom stereocenters. The molecule has 0 spiro atoms. The van der Waals surface area contributed by atoms with E-state index < -0.39 is 26.8 Å². The van der Waals surface area contributed by atoms with Gasteiger partial charge in [-0.1, -0.05) is 55.5 Å². The van der Waals surface area contributed by atoms with Crippen LogP contribution in [0.5, 0.6) is 5.75 Å². The van der Waals surface area contributed by atoms with Gasteiger partial charge in [0, 0.05) is 6.54 Å². The number of halogens is 3.